The summed E-state index contributed by atoms with van der Waals surface area (Å²) >= 11 is 1.67. The highest BCUT2D eigenvalue weighted by molar-refractivity contribution is 7.09. The molecule has 1 aliphatic rings. The second-order valence-electron chi connectivity index (χ2n) is 5.79. The van der Waals surface area contributed by atoms with Gasteiger partial charge in [-0.3, -0.25) is 4.79 Å². The highest BCUT2D eigenvalue weighted by Crippen LogP contribution is 2.28. The van der Waals surface area contributed by atoms with Gasteiger partial charge in [0.2, 0.25) is 5.91 Å². The second kappa shape index (κ2) is 6.01. The van der Waals surface area contributed by atoms with Crippen molar-refractivity contribution in [3.8, 4) is 0 Å². The average molecular weight is 281 g/mol. The minimum atomic E-state index is 0.127. The number of thiazole rings is 1. The molecule has 19 heavy (non-hydrogen) atoms. The lowest BCUT2D eigenvalue weighted by Gasteiger charge is -2.22. The van der Waals surface area contributed by atoms with Gasteiger partial charge in [-0.15, -0.1) is 11.3 Å². The number of likely N-dealkylation sites (tertiary alicyclic amines) is 1. The number of nitrogens with two attached hydrogens (primary N) is 1. The molecule has 5 heteroatoms. The predicted octanol–water partition coefficient (Wildman–Crippen LogP) is 1.97. The molecule has 0 saturated carbocycles. The number of hydrogen-bond donors (Lipinski definition) is 1. The third-order valence-corrected chi connectivity index (χ3v) is 4.72. The summed E-state index contributed by atoms with van der Waals surface area (Å²) in [5.74, 6) is 0.268. The lowest BCUT2D eigenvalue weighted by molar-refractivity contribution is -0.130. The maximum absolute atomic E-state index is 12.1. The van der Waals surface area contributed by atoms with Crippen LogP contribution in [0.5, 0.6) is 0 Å². The van der Waals surface area contributed by atoms with Crippen molar-refractivity contribution >= 4 is 17.2 Å². The Kier molecular flexibility index (Phi) is 4.58. The van der Waals surface area contributed by atoms with Crippen molar-refractivity contribution < 1.29 is 4.79 Å². The fraction of sp³-hybridized carbons (Fsp3) is 0.714. The molecule has 1 fully saturated rings. The Morgan fingerprint density at radius 2 is 2.42 bits per heavy atom. The molecule has 1 amide bonds. The molecule has 2 rings (SSSR count). The van der Waals surface area contributed by atoms with E-state index in [0.717, 1.165) is 43.1 Å². The molecular formula is C14H23N3OS. The van der Waals surface area contributed by atoms with Crippen molar-refractivity contribution in [3.63, 3.8) is 0 Å². The molecular weight excluding hydrogens is 258 g/mol. The highest BCUT2D eigenvalue weighted by Gasteiger charge is 2.34. The van der Waals surface area contributed by atoms with Crippen molar-refractivity contribution in [1.29, 1.82) is 0 Å². The molecule has 1 atom stereocenters. The van der Waals surface area contributed by atoms with Gasteiger partial charge in [0.25, 0.3) is 0 Å². The van der Waals surface area contributed by atoms with Crippen molar-refractivity contribution in [3.05, 3.63) is 16.1 Å². The first-order chi connectivity index (χ1) is 9.02. The van der Waals surface area contributed by atoms with Crippen LogP contribution in [-0.2, 0) is 11.2 Å². The van der Waals surface area contributed by atoms with Crippen LogP contribution in [0, 0.1) is 12.3 Å². The summed E-state index contributed by atoms with van der Waals surface area (Å²) in [7, 11) is 0. The van der Waals surface area contributed by atoms with Crippen molar-refractivity contribution in [2.75, 3.05) is 19.6 Å². The minimum Gasteiger partial charge on any atom is -0.342 e. The number of aromatic nitrogens is 1. The Labute approximate surface area is 119 Å². The molecule has 0 radical (unpaired) electrons. The Morgan fingerprint density at radius 3 is 3.00 bits per heavy atom. The summed E-state index contributed by atoms with van der Waals surface area (Å²) in [5.41, 5.74) is 7.00. The SMILES string of the molecule is Cc1nc(CCCC(=O)N2CCC(C)(CN)C2)cs1. The molecule has 0 aliphatic carbocycles. The number of carbonyl (C=O) groups is 1. The van der Waals surface area contributed by atoms with E-state index in [1.54, 1.807) is 11.3 Å². The van der Waals surface area contributed by atoms with Gasteiger partial charge >= 0.3 is 0 Å². The second-order valence-corrected chi connectivity index (χ2v) is 6.85. The van der Waals surface area contributed by atoms with Crippen molar-refractivity contribution in [2.45, 2.75) is 39.5 Å². The smallest absolute Gasteiger partial charge is 0.222 e. The third kappa shape index (κ3) is 3.76. The number of aryl methyl sites for hydroxylation is 2. The highest BCUT2D eigenvalue weighted by atomic mass is 32.1. The number of carbonyl (C=O) groups excluding carboxylic acids is 1. The molecule has 1 aromatic rings. The van der Waals surface area contributed by atoms with Crippen molar-refractivity contribution in [2.24, 2.45) is 11.1 Å². The van der Waals surface area contributed by atoms with Gasteiger partial charge in [-0.05, 0) is 38.1 Å². The molecule has 2 heterocycles. The maximum Gasteiger partial charge on any atom is 0.222 e. The first kappa shape index (κ1) is 14.5. The largest absolute Gasteiger partial charge is 0.342 e. The quantitative estimate of drug-likeness (QED) is 0.897. The lowest BCUT2D eigenvalue weighted by Crippen LogP contribution is -2.34. The zero-order chi connectivity index (χ0) is 13.9. The Bertz CT molecular complexity index is 446. The fourth-order valence-corrected chi connectivity index (χ4v) is 3.15. The van der Waals surface area contributed by atoms with Crippen LogP contribution in [0.1, 0.15) is 36.9 Å². The van der Waals surface area contributed by atoms with Gasteiger partial charge in [0.05, 0.1) is 10.7 Å². The topological polar surface area (TPSA) is 59.2 Å². The van der Waals surface area contributed by atoms with Crippen LogP contribution in [-0.4, -0.2) is 35.4 Å². The fourth-order valence-electron chi connectivity index (χ4n) is 2.51. The van der Waals surface area contributed by atoms with Crippen LogP contribution < -0.4 is 5.73 Å². The van der Waals surface area contributed by atoms with Crippen LogP contribution in [0.3, 0.4) is 0 Å². The number of nitrogens with zero attached hydrogens (tertiary/aromatic N) is 2. The summed E-state index contributed by atoms with van der Waals surface area (Å²) < 4.78 is 0. The summed E-state index contributed by atoms with van der Waals surface area (Å²) in [6.45, 7) is 6.52. The van der Waals surface area contributed by atoms with Gasteiger partial charge in [0.1, 0.15) is 0 Å². The van der Waals surface area contributed by atoms with Crippen LogP contribution in [0.15, 0.2) is 5.38 Å². The minimum absolute atomic E-state index is 0.127. The maximum atomic E-state index is 12.1. The third-order valence-electron chi connectivity index (χ3n) is 3.89. The van der Waals surface area contributed by atoms with Crippen LogP contribution in [0.25, 0.3) is 0 Å². The van der Waals surface area contributed by atoms with E-state index >= 15 is 0 Å². The number of amides is 1. The standard InChI is InChI=1S/C14H23N3OS/c1-11-16-12(8-19-11)4-3-5-13(18)17-7-6-14(2,9-15)10-17/h8H,3-7,9-10,15H2,1-2H3. The number of rotatable bonds is 5. The molecule has 0 aromatic carbocycles. The van der Waals surface area contributed by atoms with E-state index in [-0.39, 0.29) is 11.3 Å². The molecule has 2 N–H and O–H groups in total. The molecule has 0 bridgehead atoms. The van der Waals surface area contributed by atoms with Gasteiger partial charge < -0.3 is 10.6 Å². The summed E-state index contributed by atoms with van der Waals surface area (Å²) in [6.07, 6.45) is 3.44. The monoisotopic (exact) mass is 281 g/mol. The molecule has 4 nitrogen and oxygen atoms in total. The lowest BCUT2D eigenvalue weighted by atomic mass is 9.90. The Morgan fingerprint density at radius 1 is 1.63 bits per heavy atom. The molecule has 0 spiro atoms. The van der Waals surface area contributed by atoms with E-state index in [2.05, 4.69) is 17.3 Å². The van der Waals surface area contributed by atoms with E-state index in [9.17, 15) is 4.79 Å². The zero-order valence-electron chi connectivity index (χ0n) is 11.8. The van der Waals surface area contributed by atoms with Crippen LogP contribution in [0.4, 0.5) is 0 Å². The van der Waals surface area contributed by atoms with Gasteiger partial charge in [-0.1, -0.05) is 6.92 Å². The predicted molar refractivity (Wildman–Crippen MR) is 78.1 cm³/mol. The van der Waals surface area contributed by atoms with Crippen molar-refractivity contribution in [1.82, 2.24) is 9.88 Å². The normalized spacial score (nSPS) is 23.0. The molecule has 1 unspecified atom stereocenters. The Balaban J connectivity index is 1.73. The summed E-state index contributed by atoms with van der Waals surface area (Å²) in [6, 6.07) is 0. The Hall–Kier alpha value is -0.940. The van der Waals surface area contributed by atoms with E-state index in [4.69, 9.17) is 5.73 Å². The average Bonchev–Trinajstić information content (AvgIpc) is 2.97. The van der Waals surface area contributed by atoms with Crippen LogP contribution in [0.2, 0.25) is 0 Å². The van der Waals surface area contributed by atoms with E-state index in [1.807, 2.05) is 11.8 Å². The first-order valence-electron chi connectivity index (χ1n) is 6.91. The summed E-state index contributed by atoms with van der Waals surface area (Å²) in [4.78, 5) is 18.5. The molecule has 106 valence electrons. The van der Waals surface area contributed by atoms with Gasteiger partial charge in [0, 0.05) is 24.9 Å². The molecule has 1 aliphatic heterocycles. The van der Waals surface area contributed by atoms with Crippen LogP contribution >= 0.6 is 11.3 Å². The molecule has 1 aromatic heterocycles. The first-order valence-corrected chi connectivity index (χ1v) is 7.79. The zero-order valence-corrected chi connectivity index (χ0v) is 12.6. The van der Waals surface area contributed by atoms with Gasteiger partial charge in [0.15, 0.2) is 0 Å². The van der Waals surface area contributed by atoms with Gasteiger partial charge in [-0.2, -0.15) is 0 Å². The van der Waals surface area contributed by atoms with Gasteiger partial charge in [-0.25, -0.2) is 4.98 Å². The molecule has 1 saturated heterocycles. The van der Waals surface area contributed by atoms with E-state index < -0.39 is 0 Å². The summed E-state index contributed by atoms with van der Waals surface area (Å²) in [5, 5.41) is 3.18. The van der Waals surface area contributed by atoms with E-state index in [1.165, 1.54) is 0 Å². The number of hydrogen-bond acceptors (Lipinski definition) is 4. The van der Waals surface area contributed by atoms with E-state index in [0.29, 0.717) is 13.0 Å².